The zero-order chi connectivity index (χ0) is 43.8. The summed E-state index contributed by atoms with van der Waals surface area (Å²) in [7, 11) is 1.22. The largest absolute Gasteiger partial charge is 0.472 e. The smallest absolute Gasteiger partial charge is 0.462 e. The van der Waals surface area contributed by atoms with E-state index in [1.165, 1.54) is 16.7 Å². The summed E-state index contributed by atoms with van der Waals surface area (Å²) in [6.07, 6.45) is 6.17. The van der Waals surface area contributed by atoms with Gasteiger partial charge in [0, 0.05) is 11.9 Å². The van der Waals surface area contributed by atoms with E-state index in [0.717, 1.165) is 70.5 Å². The molecule has 2 unspecified atom stereocenters. The molecule has 3 aromatic rings. The van der Waals surface area contributed by atoms with Gasteiger partial charge in [-0.3, -0.25) is 23.8 Å². The summed E-state index contributed by atoms with van der Waals surface area (Å²) >= 11 is 0. The van der Waals surface area contributed by atoms with Crippen LogP contribution in [0.3, 0.4) is 0 Å². The number of phosphoric acid groups is 1. The SMILES string of the molecule is CCCC(=O)OCC(COP(=O)(O)OCC[N+](C)(C)C)OC(=O)c1ccc2ncc3[nH]c(cc4nc(cc5nc(cnc2c1)C(C)=C5CC)C(CC)=C4CC)c(CC)c3C. The quantitative estimate of drug-likeness (QED) is 0.0751. The monoisotopic (exact) mass is 843 g/mol. The molecule has 0 radical (unpaired) electrons. The van der Waals surface area contributed by atoms with Gasteiger partial charge in [-0.25, -0.2) is 19.3 Å². The Morgan fingerprint density at radius 3 is 2.08 bits per heavy atom. The first kappa shape index (κ1) is 46.2. The normalized spacial score (nSPS) is 14.5. The number of esters is 2. The zero-order valence-electron chi connectivity index (χ0n) is 36.7. The summed E-state index contributed by atoms with van der Waals surface area (Å²) in [6, 6.07) is 9.02. The van der Waals surface area contributed by atoms with Gasteiger partial charge >= 0.3 is 19.8 Å². The summed E-state index contributed by atoms with van der Waals surface area (Å²) in [5, 5.41) is 0. The minimum absolute atomic E-state index is 0.0427. The number of rotatable bonds is 17. The lowest BCUT2D eigenvalue weighted by Crippen LogP contribution is -2.37. The fourth-order valence-electron chi connectivity index (χ4n) is 7.14. The third-order valence-electron chi connectivity index (χ3n) is 10.5. The minimum atomic E-state index is -4.53. The van der Waals surface area contributed by atoms with Gasteiger partial charge in [0.15, 0.2) is 6.10 Å². The number of carbonyl (C=O) groups is 2. The maximum Gasteiger partial charge on any atom is 0.472 e. The van der Waals surface area contributed by atoms with Crippen LogP contribution < -0.4 is 0 Å². The van der Waals surface area contributed by atoms with E-state index in [1.54, 1.807) is 30.6 Å². The first-order chi connectivity index (χ1) is 28.5. The molecule has 2 aliphatic rings. The van der Waals surface area contributed by atoms with E-state index in [1.807, 2.05) is 35.0 Å². The molecule has 60 heavy (non-hydrogen) atoms. The molecule has 1 aromatic carbocycles. The maximum absolute atomic E-state index is 13.8. The van der Waals surface area contributed by atoms with Crippen molar-refractivity contribution >= 4 is 64.1 Å². The number of fused-ring (bicyclic) bond motifs is 7. The van der Waals surface area contributed by atoms with Crippen LogP contribution >= 0.6 is 7.82 Å². The van der Waals surface area contributed by atoms with Crippen molar-refractivity contribution in [2.75, 3.05) is 47.5 Å². The van der Waals surface area contributed by atoms with E-state index in [-0.39, 0.29) is 18.6 Å². The summed E-state index contributed by atoms with van der Waals surface area (Å²) in [5.41, 5.74) is 12.9. The molecule has 0 amide bonds. The van der Waals surface area contributed by atoms with Crippen molar-refractivity contribution in [1.82, 2.24) is 24.9 Å². The van der Waals surface area contributed by atoms with Crippen LogP contribution in [0.15, 0.2) is 42.7 Å². The number of allylic oxidation sites excluding steroid dienone is 4. The number of likely N-dealkylation sites (N-methyl/N-ethyl adjacent to an activating group) is 1. The molecule has 2 aromatic heterocycles. The third-order valence-corrected chi connectivity index (χ3v) is 11.5. The lowest BCUT2D eigenvalue weighted by atomic mass is 9.99. The number of aromatic amines is 1. The number of hydrogen-bond donors (Lipinski definition) is 2. The van der Waals surface area contributed by atoms with E-state index in [2.05, 4.69) is 51.7 Å². The van der Waals surface area contributed by atoms with Crippen LogP contribution in [0.1, 0.15) is 118 Å². The molecule has 0 saturated heterocycles. The van der Waals surface area contributed by atoms with Crippen molar-refractivity contribution in [2.45, 2.75) is 93.1 Å². The Bertz CT molecular complexity index is 2420. The number of carbonyl (C=O) groups excluding carboxylic acids is 2. The van der Waals surface area contributed by atoms with Gasteiger partial charge < -0.3 is 23.8 Å². The molecule has 15 heteroatoms. The number of hydrogen-bond acceptors (Lipinski definition) is 11. The molecule has 322 valence electrons. The Kier molecular flexibility index (Phi) is 15.5. The molecule has 14 nitrogen and oxygen atoms in total. The van der Waals surface area contributed by atoms with Gasteiger partial charge in [-0.05, 0) is 110 Å². The molecule has 2 aliphatic heterocycles. The highest BCUT2D eigenvalue weighted by atomic mass is 31.2. The average Bonchev–Trinajstić information content (AvgIpc) is 3.80. The Labute approximate surface area is 353 Å². The molecule has 5 rings (SSSR count). The van der Waals surface area contributed by atoms with Crippen LogP contribution in [0, 0.1) is 6.92 Å². The van der Waals surface area contributed by atoms with Crippen molar-refractivity contribution in [1.29, 1.82) is 0 Å². The van der Waals surface area contributed by atoms with Crippen LogP contribution in [0.4, 0.5) is 0 Å². The van der Waals surface area contributed by atoms with E-state index in [0.29, 0.717) is 34.2 Å². The number of aryl methyl sites for hydroxylation is 2. The number of quaternary nitrogens is 1. The molecule has 0 saturated carbocycles. The molecule has 6 bridgehead atoms. The number of nitrogens with one attached hydrogen (secondary N) is 1. The highest BCUT2D eigenvalue weighted by Gasteiger charge is 2.28. The van der Waals surface area contributed by atoms with Crippen LogP contribution in [-0.2, 0) is 34.3 Å². The van der Waals surface area contributed by atoms with Crippen LogP contribution in [0.5, 0.6) is 0 Å². The van der Waals surface area contributed by atoms with Crippen molar-refractivity contribution in [3.8, 4) is 0 Å². The van der Waals surface area contributed by atoms with E-state index < -0.39 is 39.1 Å². The Morgan fingerprint density at radius 2 is 1.43 bits per heavy atom. The summed E-state index contributed by atoms with van der Waals surface area (Å²) in [4.78, 5) is 59.9. The standard InChI is InChI=1S/C45H59N6O8P/c1-11-16-44(52)56-26-31(27-58-60(54,55)57-20-19-51(8,9)10)59-45(53)30-17-18-36-41(21-30)47-25-43-29(7)33(13-3)38(50-43)23-40-35(15-5)34(14-4)39(48-40)22-37-32(12-2)28(6)42(49-37)24-46-36/h17-18,21-25,31H,11-16,19-20,26-27H2,1-10H3,(H-,46,47,48,49,50,53,54,55)/p+1. The minimum Gasteiger partial charge on any atom is -0.462 e. The van der Waals surface area contributed by atoms with Gasteiger partial charge in [0.2, 0.25) is 0 Å². The Morgan fingerprint density at radius 1 is 0.783 bits per heavy atom. The van der Waals surface area contributed by atoms with Gasteiger partial charge in [-0.15, -0.1) is 0 Å². The highest BCUT2D eigenvalue weighted by molar-refractivity contribution is 7.47. The van der Waals surface area contributed by atoms with E-state index >= 15 is 0 Å². The van der Waals surface area contributed by atoms with Gasteiger partial charge in [0.1, 0.15) is 19.8 Å². The predicted molar refractivity (Wildman–Crippen MR) is 235 cm³/mol. The summed E-state index contributed by atoms with van der Waals surface area (Å²) < 4.78 is 34.6. The molecule has 2 atom stereocenters. The molecule has 0 aliphatic carbocycles. The number of H-pyrrole nitrogens is 1. The van der Waals surface area contributed by atoms with Gasteiger partial charge in [-0.1, -0.05) is 34.6 Å². The van der Waals surface area contributed by atoms with Crippen LogP contribution in [0.25, 0.3) is 44.4 Å². The second-order valence-corrected chi connectivity index (χ2v) is 17.3. The molecule has 4 heterocycles. The first-order valence-electron chi connectivity index (χ1n) is 20.8. The van der Waals surface area contributed by atoms with Crippen molar-refractivity contribution in [2.24, 2.45) is 0 Å². The molecular formula is C45H60N6O8P+. The number of ether oxygens (including phenoxy) is 2. The van der Waals surface area contributed by atoms with E-state index in [4.69, 9.17) is 38.5 Å². The molecule has 2 N–H and O–H groups in total. The topological polar surface area (TPSA) is 176 Å². The Balaban J connectivity index is 1.61. The van der Waals surface area contributed by atoms with Gasteiger partial charge in [0.25, 0.3) is 0 Å². The number of phosphoric ester groups is 1. The number of nitrogens with zero attached hydrogens (tertiary/aromatic N) is 5. The third kappa shape index (κ3) is 11.5. The van der Waals surface area contributed by atoms with Crippen molar-refractivity contribution < 1.29 is 42.1 Å². The number of aromatic nitrogens is 5. The Hall–Kier alpha value is -4.85. The number of benzene rings is 1. The summed E-state index contributed by atoms with van der Waals surface area (Å²) in [6.45, 7) is 13.9. The lowest BCUT2D eigenvalue weighted by Gasteiger charge is -2.24. The fourth-order valence-corrected chi connectivity index (χ4v) is 7.89. The first-order valence-corrected chi connectivity index (χ1v) is 22.3. The molecule has 0 spiro atoms. The van der Waals surface area contributed by atoms with E-state index in [9.17, 15) is 19.0 Å². The fraction of sp³-hybridized carbons (Fsp3) is 0.467. The maximum atomic E-state index is 13.8. The van der Waals surface area contributed by atoms with Gasteiger partial charge in [0.05, 0.1) is 85.0 Å². The van der Waals surface area contributed by atoms with Crippen LogP contribution in [0.2, 0.25) is 0 Å². The summed E-state index contributed by atoms with van der Waals surface area (Å²) in [5.74, 6) is -1.30. The highest BCUT2D eigenvalue weighted by Crippen LogP contribution is 2.43. The average molecular weight is 844 g/mol. The van der Waals surface area contributed by atoms with Gasteiger partial charge in [-0.2, -0.15) is 0 Å². The van der Waals surface area contributed by atoms with Crippen LogP contribution in [-0.4, -0.2) is 99.8 Å². The lowest BCUT2D eigenvalue weighted by molar-refractivity contribution is -0.870. The molecular weight excluding hydrogens is 784 g/mol. The van der Waals surface area contributed by atoms with Crippen molar-refractivity contribution in [3.05, 3.63) is 82.2 Å². The predicted octanol–water partition coefficient (Wildman–Crippen LogP) is 8.99. The van der Waals surface area contributed by atoms with Crippen molar-refractivity contribution in [3.63, 3.8) is 0 Å². The second kappa shape index (κ2) is 20.1. The second-order valence-electron chi connectivity index (χ2n) is 15.9. The zero-order valence-corrected chi connectivity index (χ0v) is 37.6. The molecule has 0 fully saturated rings.